The van der Waals surface area contributed by atoms with E-state index in [9.17, 15) is 4.79 Å². The van der Waals surface area contributed by atoms with Crippen LogP contribution in [0.5, 0.6) is 11.5 Å². The second kappa shape index (κ2) is 8.13. The summed E-state index contributed by atoms with van der Waals surface area (Å²) in [5.41, 5.74) is 3.78. The van der Waals surface area contributed by atoms with Gasteiger partial charge in [-0.05, 0) is 41.8 Å². The molecule has 0 unspecified atom stereocenters. The fourth-order valence-electron chi connectivity index (χ4n) is 3.44. The van der Waals surface area contributed by atoms with Gasteiger partial charge in [0.1, 0.15) is 18.1 Å². The number of fused-ring (bicyclic) bond motifs is 1. The van der Waals surface area contributed by atoms with E-state index in [0.717, 1.165) is 28.9 Å². The zero-order chi connectivity index (χ0) is 19.3. The summed E-state index contributed by atoms with van der Waals surface area (Å²) in [6.45, 7) is 1.66. The van der Waals surface area contributed by atoms with Crippen molar-refractivity contribution < 1.29 is 14.3 Å². The molecule has 0 spiro atoms. The van der Waals surface area contributed by atoms with E-state index in [1.54, 1.807) is 19.5 Å². The third kappa shape index (κ3) is 3.83. The summed E-state index contributed by atoms with van der Waals surface area (Å²) < 4.78 is 11.3. The third-order valence-corrected chi connectivity index (χ3v) is 4.93. The first-order valence-corrected chi connectivity index (χ1v) is 9.30. The van der Waals surface area contributed by atoms with Gasteiger partial charge in [0, 0.05) is 36.6 Å². The molecule has 1 amide bonds. The van der Waals surface area contributed by atoms with E-state index < -0.39 is 0 Å². The Balaban J connectivity index is 1.49. The van der Waals surface area contributed by atoms with Crippen LogP contribution < -0.4 is 9.47 Å². The van der Waals surface area contributed by atoms with Crippen molar-refractivity contribution in [2.45, 2.75) is 19.6 Å². The van der Waals surface area contributed by atoms with Gasteiger partial charge in [-0.1, -0.05) is 30.3 Å². The Labute approximate surface area is 164 Å². The number of ether oxygens (including phenoxy) is 2. The summed E-state index contributed by atoms with van der Waals surface area (Å²) >= 11 is 0. The van der Waals surface area contributed by atoms with Crippen molar-refractivity contribution in [3.05, 3.63) is 89.2 Å². The number of hydrogen-bond acceptors (Lipinski definition) is 4. The van der Waals surface area contributed by atoms with Crippen LogP contribution in [-0.4, -0.2) is 29.4 Å². The Hall–Kier alpha value is -3.34. The van der Waals surface area contributed by atoms with Crippen molar-refractivity contribution in [2.75, 3.05) is 13.7 Å². The lowest BCUT2D eigenvalue weighted by atomic mass is 9.98. The minimum absolute atomic E-state index is 0.0350. The van der Waals surface area contributed by atoms with Gasteiger partial charge in [0.15, 0.2) is 0 Å². The number of benzene rings is 2. The van der Waals surface area contributed by atoms with Crippen LogP contribution in [0.2, 0.25) is 0 Å². The number of amides is 1. The number of aromatic nitrogens is 1. The Kier molecular flexibility index (Phi) is 5.24. The molecule has 5 nitrogen and oxygen atoms in total. The van der Waals surface area contributed by atoms with E-state index in [4.69, 9.17) is 9.47 Å². The standard InChI is InChI=1S/C23H22N2O3/c1-27-22-7-3-2-6-19(22)16-28-20-9-8-18-10-12-25(23(26)21(18)13-20)15-17-5-4-11-24-14-17/h2-9,11,13-14H,10,12,15-16H2,1H3. The van der Waals surface area contributed by atoms with Gasteiger partial charge in [0.25, 0.3) is 5.91 Å². The molecule has 5 heteroatoms. The first-order valence-electron chi connectivity index (χ1n) is 9.30. The zero-order valence-electron chi connectivity index (χ0n) is 15.8. The van der Waals surface area contributed by atoms with Crippen molar-refractivity contribution in [2.24, 2.45) is 0 Å². The largest absolute Gasteiger partial charge is 0.496 e. The van der Waals surface area contributed by atoms with Crippen molar-refractivity contribution >= 4 is 5.91 Å². The third-order valence-electron chi connectivity index (χ3n) is 4.93. The lowest BCUT2D eigenvalue weighted by Crippen LogP contribution is -2.37. The van der Waals surface area contributed by atoms with E-state index in [2.05, 4.69) is 4.98 Å². The van der Waals surface area contributed by atoms with Crippen molar-refractivity contribution in [3.8, 4) is 11.5 Å². The molecule has 2 heterocycles. The maximum Gasteiger partial charge on any atom is 0.254 e. The number of methoxy groups -OCH3 is 1. The molecular weight excluding hydrogens is 352 g/mol. The number of carbonyl (C=O) groups excluding carboxylic acids is 1. The lowest BCUT2D eigenvalue weighted by Gasteiger charge is -2.29. The number of para-hydroxylation sites is 1. The van der Waals surface area contributed by atoms with Crippen LogP contribution in [0.15, 0.2) is 67.0 Å². The average molecular weight is 374 g/mol. The Morgan fingerprint density at radius 3 is 2.82 bits per heavy atom. The number of pyridine rings is 1. The topological polar surface area (TPSA) is 51.7 Å². The van der Waals surface area contributed by atoms with E-state index in [1.165, 1.54) is 0 Å². The van der Waals surface area contributed by atoms with Gasteiger partial charge < -0.3 is 14.4 Å². The minimum Gasteiger partial charge on any atom is -0.496 e. The second-order valence-electron chi connectivity index (χ2n) is 6.76. The normalized spacial score (nSPS) is 13.2. The highest BCUT2D eigenvalue weighted by molar-refractivity contribution is 5.97. The smallest absolute Gasteiger partial charge is 0.254 e. The second-order valence-corrected chi connectivity index (χ2v) is 6.76. The Morgan fingerprint density at radius 1 is 1.11 bits per heavy atom. The van der Waals surface area contributed by atoms with Crippen LogP contribution in [0.3, 0.4) is 0 Å². The quantitative estimate of drug-likeness (QED) is 0.657. The monoisotopic (exact) mass is 374 g/mol. The van der Waals surface area contributed by atoms with E-state index in [1.807, 2.05) is 59.5 Å². The van der Waals surface area contributed by atoms with Crippen LogP contribution in [0.1, 0.15) is 27.0 Å². The highest BCUT2D eigenvalue weighted by Gasteiger charge is 2.25. The van der Waals surface area contributed by atoms with Crippen LogP contribution in [-0.2, 0) is 19.6 Å². The fourth-order valence-corrected chi connectivity index (χ4v) is 3.44. The zero-order valence-corrected chi connectivity index (χ0v) is 15.8. The predicted octanol–water partition coefficient (Wildman–Crippen LogP) is 3.87. The molecule has 1 aliphatic heterocycles. The number of nitrogens with zero attached hydrogens (tertiary/aromatic N) is 2. The van der Waals surface area contributed by atoms with Gasteiger partial charge in [-0.15, -0.1) is 0 Å². The molecule has 0 fully saturated rings. The SMILES string of the molecule is COc1ccccc1COc1ccc2c(c1)C(=O)N(Cc1cccnc1)CC2. The highest BCUT2D eigenvalue weighted by Crippen LogP contribution is 2.26. The molecule has 0 atom stereocenters. The molecule has 0 saturated carbocycles. The Bertz CT molecular complexity index is 973. The maximum atomic E-state index is 13.0. The minimum atomic E-state index is 0.0350. The molecule has 2 aromatic carbocycles. The average Bonchev–Trinajstić information content (AvgIpc) is 2.75. The molecule has 28 heavy (non-hydrogen) atoms. The molecule has 4 rings (SSSR count). The molecule has 0 aliphatic carbocycles. The molecule has 0 bridgehead atoms. The molecular formula is C23H22N2O3. The van der Waals surface area contributed by atoms with Crippen LogP contribution in [0.4, 0.5) is 0 Å². The molecule has 0 radical (unpaired) electrons. The number of rotatable bonds is 6. The molecule has 3 aromatic rings. The van der Waals surface area contributed by atoms with Gasteiger partial charge in [0.05, 0.1) is 7.11 Å². The van der Waals surface area contributed by atoms with Gasteiger partial charge in [-0.3, -0.25) is 9.78 Å². The van der Waals surface area contributed by atoms with Crippen LogP contribution in [0.25, 0.3) is 0 Å². The fraction of sp³-hybridized carbons (Fsp3) is 0.217. The summed E-state index contributed by atoms with van der Waals surface area (Å²) in [4.78, 5) is 19.0. The Morgan fingerprint density at radius 2 is 2.00 bits per heavy atom. The predicted molar refractivity (Wildman–Crippen MR) is 106 cm³/mol. The van der Waals surface area contributed by atoms with Gasteiger partial charge in [0.2, 0.25) is 0 Å². The molecule has 0 saturated heterocycles. The first-order chi connectivity index (χ1) is 13.7. The van der Waals surface area contributed by atoms with Crippen molar-refractivity contribution in [1.82, 2.24) is 9.88 Å². The lowest BCUT2D eigenvalue weighted by molar-refractivity contribution is 0.0726. The van der Waals surface area contributed by atoms with Crippen LogP contribution >= 0.6 is 0 Å². The number of carbonyl (C=O) groups is 1. The summed E-state index contributed by atoms with van der Waals surface area (Å²) in [7, 11) is 1.65. The van der Waals surface area contributed by atoms with E-state index in [-0.39, 0.29) is 5.91 Å². The van der Waals surface area contributed by atoms with Crippen molar-refractivity contribution in [1.29, 1.82) is 0 Å². The molecule has 1 aliphatic rings. The highest BCUT2D eigenvalue weighted by atomic mass is 16.5. The van der Waals surface area contributed by atoms with E-state index in [0.29, 0.717) is 31.0 Å². The molecule has 1 aromatic heterocycles. The van der Waals surface area contributed by atoms with Crippen molar-refractivity contribution in [3.63, 3.8) is 0 Å². The maximum absolute atomic E-state index is 13.0. The summed E-state index contributed by atoms with van der Waals surface area (Å²) in [6, 6.07) is 17.4. The van der Waals surface area contributed by atoms with Gasteiger partial charge in [-0.2, -0.15) is 0 Å². The van der Waals surface area contributed by atoms with E-state index >= 15 is 0 Å². The molecule has 142 valence electrons. The summed E-state index contributed by atoms with van der Waals surface area (Å²) in [5.74, 6) is 1.51. The van der Waals surface area contributed by atoms with Crippen LogP contribution in [0, 0.1) is 0 Å². The number of hydrogen-bond donors (Lipinski definition) is 0. The summed E-state index contributed by atoms with van der Waals surface area (Å²) in [6.07, 6.45) is 4.38. The first kappa shape index (κ1) is 18.0. The molecule has 0 N–H and O–H groups in total. The summed E-state index contributed by atoms with van der Waals surface area (Å²) in [5, 5.41) is 0. The van der Waals surface area contributed by atoms with Gasteiger partial charge in [-0.25, -0.2) is 0 Å². The van der Waals surface area contributed by atoms with Gasteiger partial charge >= 0.3 is 0 Å².